The van der Waals surface area contributed by atoms with Crippen LogP contribution in [0.15, 0.2) is 66.7 Å². The molecule has 0 spiro atoms. The predicted octanol–water partition coefficient (Wildman–Crippen LogP) is 5.78. The van der Waals surface area contributed by atoms with E-state index in [2.05, 4.69) is 16.1 Å². The maximum Gasteiger partial charge on any atom is 0.328 e. The predicted molar refractivity (Wildman–Crippen MR) is 140 cm³/mol. The maximum absolute atomic E-state index is 13.2. The van der Waals surface area contributed by atoms with Gasteiger partial charge in [-0.15, -0.1) is 0 Å². The van der Waals surface area contributed by atoms with Gasteiger partial charge in [0, 0.05) is 26.8 Å². The second-order valence-electron chi connectivity index (χ2n) is 7.88. The summed E-state index contributed by atoms with van der Waals surface area (Å²) in [5.41, 5.74) is 5.95. The van der Waals surface area contributed by atoms with E-state index < -0.39 is 17.7 Å². The van der Waals surface area contributed by atoms with Crippen LogP contribution in [0.4, 0.5) is 11.4 Å². The van der Waals surface area contributed by atoms with Crippen molar-refractivity contribution in [2.75, 3.05) is 16.1 Å². The third-order valence-corrected chi connectivity index (χ3v) is 6.20. The summed E-state index contributed by atoms with van der Waals surface area (Å²) in [4.78, 5) is 38.5. The minimum atomic E-state index is -0.940. The summed E-state index contributed by atoms with van der Waals surface area (Å²) >= 11 is 12.3. The molecule has 35 heavy (non-hydrogen) atoms. The summed E-state index contributed by atoms with van der Waals surface area (Å²) in [6.07, 6.45) is 0.860. The van der Waals surface area contributed by atoms with Gasteiger partial charge in [-0.05, 0) is 73.0 Å². The highest BCUT2D eigenvalue weighted by Crippen LogP contribution is 2.26. The fourth-order valence-corrected chi connectivity index (χ4v) is 3.92. The molecule has 0 bridgehead atoms. The molecule has 0 saturated carbocycles. The Labute approximate surface area is 212 Å². The quantitative estimate of drug-likeness (QED) is 0.298. The zero-order valence-electron chi connectivity index (χ0n) is 19.0. The number of nitrogens with zero attached hydrogens (tertiary/aromatic N) is 1. The van der Waals surface area contributed by atoms with Crippen LogP contribution in [-0.4, -0.2) is 22.4 Å². The van der Waals surface area contributed by atoms with Gasteiger partial charge in [0.15, 0.2) is 0 Å². The van der Waals surface area contributed by atoms with E-state index in [-0.39, 0.29) is 5.69 Å². The van der Waals surface area contributed by atoms with Gasteiger partial charge in [-0.2, -0.15) is 0 Å². The fourth-order valence-electron chi connectivity index (χ4n) is 3.57. The number of aromatic nitrogens is 1. The number of nitrogens with one attached hydrogen (secondary N) is 3. The number of halogens is 2. The van der Waals surface area contributed by atoms with Gasteiger partial charge in [0.25, 0.3) is 5.91 Å². The Bertz CT molecular complexity index is 1450. The summed E-state index contributed by atoms with van der Waals surface area (Å²) in [6, 6.07) is 18.9. The van der Waals surface area contributed by atoms with E-state index >= 15 is 0 Å². The van der Waals surface area contributed by atoms with Crippen molar-refractivity contribution in [3.63, 3.8) is 0 Å². The Kier molecular flexibility index (Phi) is 7.10. The third kappa shape index (κ3) is 5.31. The van der Waals surface area contributed by atoms with Crippen molar-refractivity contribution < 1.29 is 14.4 Å². The number of rotatable bonds is 5. The lowest BCUT2D eigenvalue weighted by molar-refractivity contribution is -0.133. The minimum Gasteiger partial charge on any atom is -0.320 e. The first-order valence-corrected chi connectivity index (χ1v) is 11.6. The lowest BCUT2D eigenvalue weighted by Crippen LogP contribution is -2.36. The van der Waals surface area contributed by atoms with Crippen molar-refractivity contribution in [1.82, 2.24) is 4.68 Å². The first-order valence-electron chi connectivity index (χ1n) is 10.9. The highest BCUT2D eigenvalue weighted by atomic mass is 35.5. The number of amides is 3. The smallest absolute Gasteiger partial charge is 0.320 e. The molecule has 0 atom stereocenters. The van der Waals surface area contributed by atoms with Gasteiger partial charge < -0.3 is 10.6 Å². The second kappa shape index (κ2) is 10.2. The number of aryl methyl sites for hydroxylation is 1. The molecule has 4 rings (SSSR count). The Morgan fingerprint density at radius 1 is 0.886 bits per heavy atom. The van der Waals surface area contributed by atoms with Crippen LogP contribution < -0.4 is 16.1 Å². The molecule has 3 N–H and O–H groups in total. The molecular weight excluding hydrogens is 487 g/mol. The standard InChI is InChI=1S/C26H22Cl2N4O3/c1-3-16-7-10-19(11-8-16)29-25(34)26(35)31-32-22-12-9-18(27)13-17(22)14-23(32)24(33)30-21-6-4-5-20(28)15(21)2/h4-14H,3H2,1-2H3,(H,29,34)(H,30,33)(H,31,35). The molecule has 0 radical (unpaired) electrons. The summed E-state index contributed by atoms with van der Waals surface area (Å²) < 4.78 is 1.27. The first kappa shape index (κ1) is 24.3. The van der Waals surface area contributed by atoms with E-state index in [4.69, 9.17) is 23.2 Å². The minimum absolute atomic E-state index is 0.107. The van der Waals surface area contributed by atoms with Crippen molar-refractivity contribution >= 4 is 63.2 Å². The monoisotopic (exact) mass is 508 g/mol. The molecule has 0 aliphatic rings. The molecule has 4 aromatic rings. The zero-order chi connectivity index (χ0) is 25.1. The highest BCUT2D eigenvalue weighted by molar-refractivity contribution is 6.42. The van der Waals surface area contributed by atoms with Gasteiger partial charge in [0.2, 0.25) is 0 Å². The summed E-state index contributed by atoms with van der Waals surface area (Å²) in [5.74, 6) is -2.31. The van der Waals surface area contributed by atoms with Crippen LogP contribution in [0.2, 0.25) is 10.0 Å². The van der Waals surface area contributed by atoms with E-state index in [1.807, 2.05) is 19.1 Å². The van der Waals surface area contributed by atoms with Crippen LogP contribution in [0.3, 0.4) is 0 Å². The van der Waals surface area contributed by atoms with Crippen LogP contribution in [-0.2, 0) is 16.0 Å². The van der Waals surface area contributed by atoms with Crippen molar-refractivity contribution in [1.29, 1.82) is 0 Å². The molecule has 7 nitrogen and oxygen atoms in total. The second-order valence-corrected chi connectivity index (χ2v) is 8.72. The number of carbonyl (C=O) groups excluding carboxylic acids is 3. The number of carbonyl (C=O) groups is 3. The molecule has 0 aliphatic heterocycles. The Morgan fingerprint density at radius 3 is 2.34 bits per heavy atom. The number of benzene rings is 3. The number of anilines is 2. The summed E-state index contributed by atoms with van der Waals surface area (Å²) in [7, 11) is 0. The molecule has 0 aliphatic carbocycles. The summed E-state index contributed by atoms with van der Waals surface area (Å²) in [5, 5.41) is 6.96. The average molecular weight is 509 g/mol. The molecule has 3 amide bonds. The van der Waals surface area contributed by atoms with E-state index in [0.29, 0.717) is 37.9 Å². The van der Waals surface area contributed by atoms with Crippen LogP contribution in [0.5, 0.6) is 0 Å². The van der Waals surface area contributed by atoms with Gasteiger partial charge >= 0.3 is 11.8 Å². The zero-order valence-corrected chi connectivity index (χ0v) is 20.5. The van der Waals surface area contributed by atoms with Crippen LogP contribution >= 0.6 is 23.2 Å². The van der Waals surface area contributed by atoms with Gasteiger partial charge in [-0.1, -0.05) is 48.3 Å². The van der Waals surface area contributed by atoms with Gasteiger partial charge in [0.05, 0.1) is 5.52 Å². The number of fused-ring (bicyclic) bond motifs is 1. The first-order chi connectivity index (χ1) is 16.8. The van der Waals surface area contributed by atoms with Crippen LogP contribution in [0.1, 0.15) is 28.5 Å². The van der Waals surface area contributed by atoms with Gasteiger partial charge in [-0.3, -0.25) is 19.8 Å². The largest absolute Gasteiger partial charge is 0.328 e. The molecule has 0 unspecified atom stereocenters. The average Bonchev–Trinajstić information content (AvgIpc) is 3.19. The molecular formula is C26H22Cl2N4O3. The highest BCUT2D eigenvalue weighted by Gasteiger charge is 2.22. The lowest BCUT2D eigenvalue weighted by atomic mass is 10.1. The molecule has 3 aromatic carbocycles. The Hall–Kier alpha value is -3.81. The topological polar surface area (TPSA) is 92.2 Å². The van der Waals surface area contributed by atoms with Gasteiger partial charge in [0.1, 0.15) is 5.69 Å². The lowest BCUT2D eigenvalue weighted by Gasteiger charge is -2.14. The fraction of sp³-hybridized carbons (Fsp3) is 0.115. The third-order valence-electron chi connectivity index (χ3n) is 5.55. The Balaban J connectivity index is 1.62. The van der Waals surface area contributed by atoms with E-state index in [1.54, 1.807) is 61.5 Å². The number of hydrogen-bond acceptors (Lipinski definition) is 3. The molecule has 1 heterocycles. The van der Waals surface area contributed by atoms with E-state index in [1.165, 1.54) is 4.68 Å². The van der Waals surface area contributed by atoms with Crippen molar-refractivity contribution in [2.45, 2.75) is 20.3 Å². The normalized spacial score (nSPS) is 10.7. The molecule has 1 aromatic heterocycles. The SMILES string of the molecule is CCc1ccc(NC(=O)C(=O)Nn2c(C(=O)Nc3cccc(Cl)c3C)cc3cc(Cl)ccc32)cc1. The van der Waals surface area contributed by atoms with E-state index in [9.17, 15) is 14.4 Å². The maximum atomic E-state index is 13.2. The van der Waals surface area contributed by atoms with E-state index in [0.717, 1.165) is 12.0 Å². The van der Waals surface area contributed by atoms with Crippen molar-refractivity contribution in [3.8, 4) is 0 Å². The van der Waals surface area contributed by atoms with Crippen LogP contribution in [0.25, 0.3) is 10.9 Å². The molecule has 9 heteroatoms. The number of hydrogen-bond donors (Lipinski definition) is 3. The molecule has 178 valence electrons. The molecule has 0 fully saturated rings. The van der Waals surface area contributed by atoms with Crippen molar-refractivity contribution in [2.24, 2.45) is 0 Å². The molecule has 0 saturated heterocycles. The van der Waals surface area contributed by atoms with Gasteiger partial charge in [-0.25, -0.2) is 4.68 Å². The summed E-state index contributed by atoms with van der Waals surface area (Å²) in [6.45, 7) is 3.81. The van der Waals surface area contributed by atoms with Crippen molar-refractivity contribution in [3.05, 3.63) is 93.6 Å². The van der Waals surface area contributed by atoms with Crippen LogP contribution in [0, 0.1) is 6.92 Å². The Morgan fingerprint density at radius 2 is 1.63 bits per heavy atom.